The molecule has 0 saturated heterocycles. The van der Waals surface area contributed by atoms with E-state index in [0.29, 0.717) is 5.57 Å². The molecule has 6 nitrogen and oxygen atoms in total. The molecule has 0 unspecified atom stereocenters. The van der Waals surface area contributed by atoms with Crippen molar-refractivity contribution in [3.8, 4) is 0 Å². The van der Waals surface area contributed by atoms with Crippen LogP contribution in [0, 0.1) is 11.8 Å². The van der Waals surface area contributed by atoms with E-state index in [-0.39, 0.29) is 19.6 Å². The van der Waals surface area contributed by atoms with Crippen LogP contribution >= 0.6 is 0 Å². The Labute approximate surface area is 182 Å². The lowest BCUT2D eigenvalue weighted by molar-refractivity contribution is -0.162. The fraction of sp³-hybridized carbons (Fsp3) is 0.542. The van der Waals surface area contributed by atoms with E-state index in [0.717, 1.165) is 5.56 Å². The van der Waals surface area contributed by atoms with Gasteiger partial charge in [-0.25, -0.2) is 4.39 Å². The maximum Gasteiger partial charge on any atom is 0.311 e. The Hall–Kier alpha value is -2.31. The minimum Gasteiger partial charge on any atom is -0.460 e. The first-order valence-corrected chi connectivity index (χ1v) is 10.4. The van der Waals surface area contributed by atoms with E-state index in [1.807, 2.05) is 6.07 Å². The van der Waals surface area contributed by atoms with Crippen molar-refractivity contribution in [3.63, 3.8) is 0 Å². The number of Topliss-reactive ketones (excluding diaryl/α,β-unsaturated/α-hetero) is 1. The fourth-order valence-electron chi connectivity index (χ4n) is 3.42. The number of carbonyl (C=O) groups excluding carboxylic acids is 2. The van der Waals surface area contributed by atoms with Crippen molar-refractivity contribution in [2.45, 2.75) is 64.7 Å². The summed E-state index contributed by atoms with van der Waals surface area (Å²) in [7, 11) is 0. The van der Waals surface area contributed by atoms with Crippen molar-refractivity contribution < 1.29 is 33.7 Å². The van der Waals surface area contributed by atoms with E-state index in [4.69, 9.17) is 9.47 Å². The number of rotatable bonds is 3. The molecule has 0 aromatic heterocycles. The smallest absolute Gasteiger partial charge is 0.311 e. The van der Waals surface area contributed by atoms with Crippen LogP contribution in [0.4, 0.5) is 4.39 Å². The van der Waals surface area contributed by atoms with Crippen LogP contribution in [0.15, 0.2) is 47.7 Å². The number of halogens is 1. The fourth-order valence-corrected chi connectivity index (χ4v) is 3.42. The Morgan fingerprint density at radius 3 is 2.55 bits per heavy atom. The standard InChI is InChI=1S/C24H31FO6/c1-15-10-11-19(26)16(2)12-24(4,29)22(27)20(25)21(17(3)23(28)31-13-15)30-14-18-8-6-5-7-9-18/h5-9,11,16-17,19-21,26,29H,12-14H2,1-4H3/t10?,16-,17-,19-,20-,21+,24-/m1/s1. The van der Waals surface area contributed by atoms with Crippen molar-refractivity contribution >= 4 is 11.8 Å². The highest BCUT2D eigenvalue weighted by molar-refractivity contribution is 5.91. The molecular weight excluding hydrogens is 403 g/mol. The Balaban J connectivity index is 2.36. The number of ether oxygens (including phenoxy) is 2. The Kier molecular flexibility index (Phi) is 8.71. The first kappa shape index (κ1) is 25.0. The summed E-state index contributed by atoms with van der Waals surface area (Å²) in [4.78, 5) is 25.4. The van der Waals surface area contributed by atoms with E-state index in [2.05, 4.69) is 5.73 Å². The van der Waals surface area contributed by atoms with Gasteiger partial charge in [-0.15, -0.1) is 5.73 Å². The number of aliphatic hydroxyl groups is 2. The van der Waals surface area contributed by atoms with Crippen LogP contribution in [0.1, 0.15) is 39.7 Å². The first-order valence-electron chi connectivity index (χ1n) is 10.4. The quantitative estimate of drug-likeness (QED) is 0.561. The number of benzene rings is 1. The molecular formula is C24H31FO6. The Bertz CT molecular complexity index is 828. The highest BCUT2D eigenvalue weighted by Crippen LogP contribution is 2.28. The van der Waals surface area contributed by atoms with Gasteiger partial charge in [0.2, 0.25) is 5.78 Å². The van der Waals surface area contributed by atoms with Gasteiger partial charge in [0.1, 0.15) is 18.3 Å². The van der Waals surface area contributed by atoms with Crippen LogP contribution in [0.25, 0.3) is 0 Å². The Morgan fingerprint density at radius 1 is 1.26 bits per heavy atom. The van der Waals surface area contributed by atoms with Gasteiger partial charge in [0.25, 0.3) is 0 Å². The highest BCUT2D eigenvalue weighted by atomic mass is 19.1. The van der Waals surface area contributed by atoms with Crippen LogP contribution < -0.4 is 0 Å². The van der Waals surface area contributed by atoms with Gasteiger partial charge in [-0.05, 0) is 44.7 Å². The molecule has 0 amide bonds. The average Bonchev–Trinajstić information content (AvgIpc) is 2.74. The number of cyclic esters (lactones) is 1. The number of hydrogen-bond acceptors (Lipinski definition) is 6. The molecule has 0 fully saturated rings. The molecule has 2 N–H and O–H groups in total. The molecule has 7 heteroatoms. The van der Waals surface area contributed by atoms with Crippen LogP contribution in [0.5, 0.6) is 0 Å². The summed E-state index contributed by atoms with van der Waals surface area (Å²) < 4.78 is 26.3. The van der Waals surface area contributed by atoms with E-state index in [9.17, 15) is 19.8 Å². The summed E-state index contributed by atoms with van der Waals surface area (Å²) in [5.41, 5.74) is 2.09. The summed E-state index contributed by atoms with van der Waals surface area (Å²) in [6.07, 6.45) is -3.53. The van der Waals surface area contributed by atoms with Crippen molar-refractivity contribution in [1.82, 2.24) is 0 Å². The van der Waals surface area contributed by atoms with Gasteiger partial charge in [0, 0.05) is 5.57 Å². The minimum atomic E-state index is -2.26. The molecule has 0 radical (unpaired) electrons. The second-order valence-corrected chi connectivity index (χ2v) is 8.46. The van der Waals surface area contributed by atoms with Crippen molar-refractivity contribution in [1.29, 1.82) is 0 Å². The number of ketones is 1. The van der Waals surface area contributed by atoms with Gasteiger partial charge in [-0.3, -0.25) is 9.59 Å². The zero-order valence-electron chi connectivity index (χ0n) is 18.4. The molecule has 170 valence electrons. The van der Waals surface area contributed by atoms with Crippen molar-refractivity contribution in [2.24, 2.45) is 11.8 Å². The summed E-state index contributed by atoms with van der Waals surface area (Å²) in [5, 5.41) is 21.0. The van der Waals surface area contributed by atoms with Crippen molar-refractivity contribution in [3.05, 3.63) is 53.3 Å². The number of esters is 1. The average molecular weight is 435 g/mol. The zero-order chi connectivity index (χ0) is 23.2. The van der Waals surface area contributed by atoms with Gasteiger partial charge < -0.3 is 19.7 Å². The summed E-state index contributed by atoms with van der Waals surface area (Å²) in [5.74, 6) is -3.48. The normalized spacial score (nSPS) is 33.4. The second kappa shape index (κ2) is 10.8. The number of hydrogen-bond donors (Lipinski definition) is 2. The molecule has 1 aliphatic heterocycles. The van der Waals surface area contributed by atoms with Crippen molar-refractivity contribution in [2.75, 3.05) is 6.61 Å². The predicted molar refractivity (Wildman–Crippen MR) is 113 cm³/mol. The second-order valence-electron chi connectivity index (χ2n) is 8.46. The first-order chi connectivity index (χ1) is 14.5. The number of carbonyl (C=O) groups is 2. The lowest BCUT2D eigenvalue weighted by Crippen LogP contribution is -2.50. The monoisotopic (exact) mass is 434 g/mol. The third kappa shape index (κ3) is 6.84. The van der Waals surface area contributed by atoms with Gasteiger partial charge in [-0.1, -0.05) is 37.3 Å². The minimum absolute atomic E-state index is 0.0181. The Morgan fingerprint density at radius 2 is 1.90 bits per heavy atom. The molecule has 0 aliphatic carbocycles. The zero-order valence-corrected chi connectivity index (χ0v) is 18.4. The molecule has 1 aliphatic rings. The summed E-state index contributed by atoms with van der Waals surface area (Å²) >= 11 is 0. The highest BCUT2D eigenvalue weighted by Gasteiger charge is 2.45. The van der Waals surface area contributed by atoms with E-state index < -0.39 is 47.6 Å². The molecule has 6 atom stereocenters. The largest absolute Gasteiger partial charge is 0.460 e. The van der Waals surface area contributed by atoms with Crippen LogP contribution in [-0.2, 0) is 25.7 Å². The van der Waals surface area contributed by atoms with Crippen LogP contribution in [-0.4, -0.2) is 52.6 Å². The number of alkyl halides is 1. The van der Waals surface area contributed by atoms with E-state index in [1.54, 1.807) is 38.1 Å². The lowest BCUT2D eigenvalue weighted by Gasteiger charge is -2.32. The maximum absolute atomic E-state index is 15.4. The molecule has 0 bridgehead atoms. The number of aliphatic hydroxyl groups excluding tert-OH is 1. The molecule has 0 spiro atoms. The van der Waals surface area contributed by atoms with Gasteiger partial charge >= 0.3 is 5.97 Å². The van der Waals surface area contributed by atoms with Gasteiger partial charge in [-0.2, -0.15) is 0 Å². The molecule has 1 heterocycles. The van der Waals surface area contributed by atoms with E-state index in [1.165, 1.54) is 19.9 Å². The van der Waals surface area contributed by atoms with E-state index >= 15 is 4.39 Å². The van der Waals surface area contributed by atoms with Crippen LogP contribution in [0.2, 0.25) is 0 Å². The predicted octanol–water partition coefficient (Wildman–Crippen LogP) is 2.91. The SMILES string of the molecule is CC1=C=C[C@@H](O)[C@H](C)C[C@@](C)(O)C(=O)[C@H](F)[C@@H](OCc2ccccc2)[C@@H](C)C(=O)OC1. The maximum atomic E-state index is 15.4. The summed E-state index contributed by atoms with van der Waals surface area (Å²) in [6.45, 7) is 5.85. The topological polar surface area (TPSA) is 93.1 Å². The van der Waals surface area contributed by atoms with Gasteiger partial charge in [0.05, 0.1) is 18.6 Å². The molecule has 31 heavy (non-hydrogen) atoms. The van der Waals surface area contributed by atoms with Gasteiger partial charge in [0.15, 0.2) is 6.17 Å². The third-order valence-corrected chi connectivity index (χ3v) is 5.45. The summed E-state index contributed by atoms with van der Waals surface area (Å²) in [6, 6.07) is 8.97. The molecule has 1 aromatic carbocycles. The molecule has 1 aromatic rings. The molecule has 0 saturated carbocycles. The molecule has 2 rings (SSSR count). The van der Waals surface area contributed by atoms with Crippen LogP contribution in [0.3, 0.4) is 0 Å². The lowest BCUT2D eigenvalue weighted by atomic mass is 9.82. The third-order valence-electron chi connectivity index (χ3n) is 5.45.